The lowest BCUT2D eigenvalue weighted by Gasteiger charge is -2.17. The molecule has 0 atom stereocenters. The monoisotopic (exact) mass is 287 g/mol. The number of rotatable bonds is 4. The Morgan fingerprint density at radius 3 is 2.40 bits per heavy atom. The van der Waals surface area contributed by atoms with Crippen LogP contribution in [0.2, 0.25) is 5.02 Å². The molecular weight excluding hydrogens is 274 g/mol. The van der Waals surface area contributed by atoms with E-state index < -0.39 is 0 Å². The van der Waals surface area contributed by atoms with Gasteiger partial charge in [0.25, 0.3) is 0 Å². The number of hydrogen-bond donors (Lipinski definition) is 1. The Hall–Kier alpha value is -2.33. The van der Waals surface area contributed by atoms with Crippen molar-refractivity contribution in [1.29, 1.82) is 0 Å². The number of hydrogen-bond acceptors (Lipinski definition) is 3. The molecule has 0 aromatic heterocycles. The quantitative estimate of drug-likeness (QED) is 0.406. The minimum absolute atomic E-state index is 0.283. The van der Waals surface area contributed by atoms with Crippen LogP contribution in [0, 0.1) is 0 Å². The number of nitrogens with zero attached hydrogens (tertiary/aromatic N) is 2. The van der Waals surface area contributed by atoms with Crippen molar-refractivity contribution in [1.82, 2.24) is 0 Å². The van der Waals surface area contributed by atoms with Gasteiger partial charge in [0.05, 0.1) is 5.69 Å². The fourth-order valence-electron chi connectivity index (χ4n) is 1.61. The predicted molar refractivity (Wildman–Crippen MR) is 83.4 cm³/mol. The Morgan fingerprint density at radius 2 is 1.80 bits per heavy atom. The lowest BCUT2D eigenvalue weighted by atomic mass is 10.3. The van der Waals surface area contributed by atoms with Gasteiger partial charge in [-0.25, -0.2) is 0 Å². The molecule has 0 spiro atoms. The minimum atomic E-state index is 0.283. The summed E-state index contributed by atoms with van der Waals surface area (Å²) in [5.41, 5.74) is 4.47. The Balaban J connectivity index is 2.13. The molecule has 2 rings (SSSR count). The number of benzene rings is 2. The van der Waals surface area contributed by atoms with Gasteiger partial charge < -0.3 is 4.90 Å². The van der Waals surface area contributed by atoms with Crippen molar-refractivity contribution >= 4 is 35.1 Å². The topological polar surface area (TPSA) is 44.7 Å². The van der Waals surface area contributed by atoms with E-state index in [1.807, 2.05) is 30.3 Å². The van der Waals surface area contributed by atoms with Crippen molar-refractivity contribution in [3.8, 4) is 0 Å². The first-order chi connectivity index (χ1) is 9.70. The normalized spacial score (nSPS) is 11.0. The fourth-order valence-corrected chi connectivity index (χ4v) is 1.74. The molecule has 20 heavy (non-hydrogen) atoms. The van der Waals surface area contributed by atoms with Crippen LogP contribution in [0.1, 0.15) is 0 Å². The molecule has 0 amide bonds. The molecule has 0 aliphatic rings. The summed E-state index contributed by atoms with van der Waals surface area (Å²) in [4.78, 5) is 12.9. The lowest BCUT2D eigenvalue weighted by molar-refractivity contribution is -0.102. The first-order valence-corrected chi connectivity index (χ1v) is 6.42. The number of anilines is 2. The molecule has 1 N–H and O–H groups in total. The molecule has 0 radical (unpaired) electrons. The van der Waals surface area contributed by atoms with Gasteiger partial charge in [-0.05, 0) is 36.4 Å². The smallest absolute Gasteiger partial charge is 0.193 e. The highest BCUT2D eigenvalue weighted by Gasteiger charge is 2.07. The van der Waals surface area contributed by atoms with Crippen LogP contribution in [0.15, 0.2) is 59.7 Å². The second kappa shape index (κ2) is 6.73. The Morgan fingerprint density at radius 1 is 1.15 bits per heavy atom. The van der Waals surface area contributed by atoms with E-state index in [0.717, 1.165) is 11.4 Å². The van der Waals surface area contributed by atoms with E-state index in [4.69, 9.17) is 11.6 Å². The van der Waals surface area contributed by atoms with E-state index in [-0.39, 0.29) is 5.84 Å². The highest BCUT2D eigenvalue weighted by molar-refractivity contribution is 6.33. The second-order valence-corrected chi connectivity index (χ2v) is 4.54. The molecule has 0 unspecified atom stereocenters. The van der Waals surface area contributed by atoms with Crippen LogP contribution >= 0.6 is 11.6 Å². The summed E-state index contributed by atoms with van der Waals surface area (Å²) in [6.07, 6.45) is 0.704. The first kappa shape index (κ1) is 14.1. The predicted octanol–water partition coefficient (Wildman–Crippen LogP) is 3.40. The summed E-state index contributed by atoms with van der Waals surface area (Å²) < 4.78 is 0. The first-order valence-electron chi connectivity index (χ1n) is 6.04. The maximum Gasteiger partial charge on any atom is 0.193 e. The number of amidine groups is 1. The lowest BCUT2D eigenvalue weighted by Crippen LogP contribution is -2.28. The molecule has 0 aliphatic carbocycles. The van der Waals surface area contributed by atoms with Crippen molar-refractivity contribution < 1.29 is 4.79 Å². The van der Waals surface area contributed by atoms with Gasteiger partial charge in [0.15, 0.2) is 12.1 Å². The van der Waals surface area contributed by atoms with Gasteiger partial charge in [0, 0.05) is 17.8 Å². The standard InChI is InChI=1S/C15H14ClN3O/c1-19(14-5-3-2-4-6-14)15(11-20)18-17-13-9-7-12(16)8-10-13/h2-11,17H,1H3/b18-15+. The van der Waals surface area contributed by atoms with Crippen molar-refractivity contribution in [2.75, 3.05) is 17.4 Å². The third-order valence-corrected chi connectivity index (χ3v) is 2.99. The molecular formula is C15H14ClN3O. The Bertz CT molecular complexity index is 596. The molecule has 2 aromatic carbocycles. The van der Waals surface area contributed by atoms with E-state index in [1.54, 1.807) is 36.2 Å². The number of halogens is 1. The molecule has 0 fully saturated rings. The van der Waals surface area contributed by atoms with Gasteiger partial charge in [-0.2, -0.15) is 5.10 Å². The zero-order valence-electron chi connectivity index (χ0n) is 11.0. The number of hydrazone groups is 1. The van der Waals surface area contributed by atoms with Crippen molar-refractivity contribution in [2.24, 2.45) is 5.10 Å². The van der Waals surface area contributed by atoms with E-state index in [2.05, 4.69) is 10.5 Å². The van der Waals surface area contributed by atoms with Crippen LogP contribution < -0.4 is 10.3 Å². The number of nitrogens with one attached hydrogen (secondary N) is 1. The third-order valence-electron chi connectivity index (χ3n) is 2.74. The van der Waals surface area contributed by atoms with Crippen LogP contribution in [-0.2, 0) is 4.79 Å². The molecule has 2 aromatic rings. The number of carbonyl (C=O) groups is 1. The highest BCUT2D eigenvalue weighted by atomic mass is 35.5. The van der Waals surface area contributed by atoms with Crippen LogP contribution in [0.5, 0.6) is 0 Å². The Labute approximate surface area is 122 Å². The molecule has 0 saturated heterocycles. The van der Waals surface area contributed by atoms with Crippen LogP contribution in [0.4, 0.5) is 11.4 Å². The fraction of sp³-hybridized carbons (Fsp3) is 0.0667. The maximum absolute atomic E-state index is 11.2. The highest BCUT2D eigenvalue weighted by Crippen LogP contribution is 2.14. The maximum atomic E-state index is 11.2. The summed E-state index contributed by atoms with van der Waals surface area (Å²) >= 11 is 5.80. The molecule has 0 heterocycles. The van der Waals surface area contributed by atoms with E-state index in [9.17, 15) is 4.79 Å². The summed E-state index contributed by atoms with van der Waals surface area (Å²) in [5, 5.41) is 4.75. The summed E-state index contributed by atoms with van der Waals surface area (Å²) in [6, 6.07) is 16.6. The molecule has 0 bridgehead atoms. The average molecular weight is 288 g/mol. The van der Waals surface area contributed by atoms with Gasteiger partial charge in [-0.1, -0.05) is 29.8 Å². The van der Waals surface area contributed by atoms with Crippen molar-refractivity contribution in [3.63, 3.8) is 0 Å². The van der Waals surface area contributed by atoms with Gasteiger partial charge in [-0.3, -0.25) is 10.2 Å². The summed E-state index contributed by atoms with van der Waals surface area (Å²) in [7, 11) is 1.78. The molecule has 4 nitrogen and oxygen atoms in total. The second-order valence-electron chi connectivity index (χ2n) is 4.10. The zero-order chi connectivity index (χ0) is 14.4. The van der Waals surface area contributed by atoms with Crippen LogP contribution in [-0.4, -0.2) is 19.2 Å². The van der Waals surface area contributed by atoms with Gasteiger partial charge >= 0.3 is 0 Å². The largest absolute Gasteiger partial charge is 0.325 e. The van der Waals surface area contributed by atoms with Gasteiger partial charge in [-0.15, -0.1) is 0 Å². The number of carbonyl (C=O) groups excluding carboxylic acids is 1. The van der Waals surface area contributed by atoms with E-state index in [0.29, 0.717) is 11.3 Å². The van der Waals surface area contributed by atoms with Gasteiger partial charge in [0.1, 0.15) is 0 Å². The summed E-state index contributed by atoms with van der Waals surface area (Å²) in [6.45, 7) is 0. The average Bonchev–Trinajstić information content (AvgIpc) is 2.50. The number of para-hydroxylation sites is 1. The molecule has 0 aliphatic heterocycles. The van der Waals surface area contributed by atoms with Crippen molar-refractivity contribution in [3.05, 3.63) is 59.6 Å². The van der Waals surface area contributed by atoms with Crippen LogP contribution in [0.3, 0.4) is 0 Å². The molecule has 5 heteroatoms. The molecule has 0 saturated carbocycles. The number of aldehydes is 1. The van der Waals surface area contributed by atoms with E-state index in [1.165, 1.54) is 0 Å². The number of likely N-dealkylation sites (N-methyl/N-ethyl adjacent to an activating group) is 1. The molecule has 102 valence electrons. The van der Waals surface area contributed by atoms with E-state index >= 15 is 0 Å². The zero-order valence-corrected chi connectivity index (χ0v) is 11.7. The SMILES string of the molecule is CN(/C(C=O)=N/Nc1ccc(Cl)cc1)c1ccccc1. The minimum Gasteiger partial charge on any atom is -0.325 e. The van der Waals surface area contributed by atoms with Gasteiger partial charge in [0.2, 0.25) is 0 Å². The Kier molecular flexibility index (Phi) is 4.74. The van der Waals surface area contributed by atoms with Crippen molar-refractivity contribution in [2.45, 2.75) is 0 Å². The summed E-state index contributed by atoms with van der Waals surface area (Å²) in [5.74, 6) is 0.283. The third kappa shape index (κ3) is 3.59. The van der Waals surface area contributed by atoms with Crippen LogP contribution in [0.25, 0.3) is 0 Å².